The lowest BCUT2D eigenvalue weighted by Gasteiger charge is -1.99. The third-order valence-corrected chi connectivity index (χ3v) is 1.22. The Bertz CT molecular complexity index is 207. The predicted molar refractivity (Wildman–Crippen MR) is 53.5 cm³/mol. The van der Waals surface area contributed by atoms with Crippen molar-refractivity contribution in [2.45, 2.75) is 6.42 Å². The van der Waals surface area contributed by atoms with Gasteiger partial charge in [-0.15, -0.1) is 0 Å². The van der Waals surface area contributed by atoms with Crippen LogP contribution in [0.15, 0.2) is 37.0 Å². The summed E-state index contributed by atoms with van der Waals surface area (Å²) in [5.41, 5.74) is 0. The Hall–Kier alpha value is -1.51. The van der Waals surface area contributed by atoms with Crippen LogP contribution in [-0.4, -0.2) is 19.7 Å². The molecule has 3 nitrogen and oxygen atoms in total. The molecule has 0 radical (unpaired) electrons. The molecule has 0 aliphatic carbocycles. The summed E-state index contributed by atoms with van der Waals surface area (Å²) in [5.74, 6) is 0. The Morgan fingerprint density at radius 2 is 2.23 bits per heavy atom. The molecule has 13 heavy (non-hydrogen) atoms. The maximum Gasteiger partial charge on any atom is 0.406 e. The van der Waals surface area contributed by atoms with Gasteiger partial charge >= 0.3 is 6.09 Å². The molecule has 0 saturated heterocycles. The molecule has 1 amide bonds. The summed E-state index contributed by atoms with van der Waals surface area (Å²) in [6.07, 6.45) is 9.52. The highest BCUT2D eigenvalue weighted by Gasteiger charge is 1.93. The van der Waals surface area contributed by atoms with Gasteiger partial charge in [-0.2, -0.15) is 0 Å². The third kappa shape index (κ3) is 8.40. The first-order chi connectivity index (χ1) is 6.31. The summed E-state index contributed by atoms with van der Waals surface area (Å²) in [4.78, 5) is 10.6. The van der Waals surface area contributed by atoms with Crippen LogP contribution in [0.2, 0.25) is 0 Å². The van der Waals surface area contributed by atoms with Crippen molar-refractivity contribution in [1.29, 1.82) is 0 Å². The Kier molecular flexibility index (Phi) is 7.59. The number of alkyl carbamates (subject to hydrolysis) is 1. The third-order valence-electron chi connectivity index (χ3n) is 1.22. The van der Waals surface area contributed by atoms with E-state index in [2.05, 4.69) is 11.9 Å². The van der Waals surface area contributed by atoms with E-state index in [0.717, 1.165) is 6.42 Å². The molecule has 0 aromatic rings. The Balaban J connectivity index is 3.34. The van der Waals surface area contributed by atoms with Crippen molar-refractivity contribution >= 4 is 6.09 Å². The van der Waals surface area contributed by atoms with Gasteiger partial charge in [0.1, 0.15) is 0 Å². The van der Waals surface area contributed by atoms with Gasteiger partial charge in [0.15, 0.2) is 0 Å². The predicted octanol–water partition coefficient (Wildman–Crippen LogP) is 2.03. The van der Waals surface area contributed by atoms with Crippen LogP contribution in [0.25, 0.3) is 0 Å². The largest absolute Gasteiger partial charge is 0.449 e. The van der Waals surface area contributed by atoms with E-state index in [4.69, 9.17) is 4.74 Å². The highest BCUT2D eigenvalue weighted by atomic mass is 16.5. The van der Waals surface area contributed by atoms with Gasteiger partial charge in [-0.3, -0.25) is 0 Å². The molecule has 0 spiro atoms. The molecule has 0 aromatic heterocycles. The molecular weight excluding hydrogens is 166 g/mol. The van der Waals surface area contributed by atoms with Crippen LogP contribution in [0.5, 0.6) is 0 Å². The zero-order valence-corrected chi connectivity index (χ0v) is 7.82. The average Bonchev–Trinajstić information content (AvgIpc) is 2.16. The van der Waals surface area contributed by atoms with Crippen LogP contribution in [0.1, 0.15) is 6.42 Å². The summed E-state index contributed by atoms with van der Waals surface area (Å²) >= 11 is 0. The molecule has 3 heteroatoms. The fourth-order valence-corrected chi connectivity index (χ4v) is 0.609. The van der Waals surface area contributed by atoms with Crippen molar-refractivity contribution in [3.63, 3.8) is 0 Å². The fourth-order valence-electron chi connectivity index (χ4n) is 0.609. The molecule has 1 N–H and O–H groups in total. The minimum Gasteiger partial charge on any atom is -0.449 e. The smallest absolute Gasteiger partial charge is 0.406 e. The number of hydrogen-bond acceptors (Lipinski definition) is 2. The van der Waals surface area contributed by atoms with Gasteiger partial charge in [-0.25, -0.2) is 4.79 Å². The zero-order chi connectivity index (χ0) is 9.94. The summed E-state index contributed by atoms with van der Waals surface area (Å²) < 4.78 is 4.75. The van der Waals surface area contributed by atoms with Crippen molar-refractivity contribution in [3.05, 3.63) is 37.0 Å². The van der Waals surface area contributed by atoms with E-state index in [0.29, 0.717) is 6.61 Å². The number of nitrogens with one attached hydrogen (secondary N) is 1. The molecule has 0 rings (SSSR count). The first-order valence-electron chi connectivity index (χ1n) is 4.10. The van der Waals surface area contributed by atoms with Crippen LogP contribution in [-0.2, 0) is 4.74 Å². The molecule has 0 aromatic carbocycles. The quantitative estimate of drug-likeness (QED) is 0.520. The van der Waals surface area contributed by atoms with Crippen LogP contribution in [0.4, 0.5) is 4.79 Å². The topological polar surface area (TPSA) is 38.3 Å². The molecule has 0 unspecified atom stereocenters. The summed E-state index contributed by atoms with van der Waals surface area (Å²) in [5, 5.41) is 2.36. The molecule has 72 valence electrons. The Morgan fingerprint density at radius 3 is 2.85 bits per heavy atom. The van der Waals surface area contributed by atoms with Gasteiger partial charge in [0.25, 0.3) is 0 Å². The number of hydrogen-bond donors (Lipinski definition) is 1. The van der Waals surface area contributed by atoms with E-state index >= 15 is 0 Å². The van der Waals surface area contributed by atoms with E-state index < -0.39 is 6.09 Å². The van der Waals surface area contributed by atoms with Gasteiger partial charge in [0, 0.05) is 7.05 Å². The summed E-state index contributed by atoms with van der Waals surface area (Å²) in [7, 11) is 1.53. The van der Waals surface area contributed by atoms with E-state index in [9.17, 15) is 4.79 Å². The van der Waals surface area contributed by atoms with Gasteiger partial charge < -0.3 is 10.1 Å². The second-order valence-corrected chi connectivity index (χ2v) is 2.22. The van der Waals surface area contributed by atoms with Crippen LogP contribution in [0, 0.1) is 0 Å². The standard InChI is InChI=1S/C10H15NO2/c1-3-4-5-6-7-8-9-13-10(12)11-2/h3-7H,1,8-9H2,2H3,(H,11,12)/b5-4-,7-6-. The number of amides is 1. The fraction of sp³-hybridized carbons (Fsp3) is 0.300. The first-order valence-corrected chi connectivity index (χ1v) is 4.10. The maximum absolute atomic E-state index is 10.6. The number of allylic oxidation sites excluding steroid dienone is 4. The first kappa shape index (κ1) is 11.5. The minimum atomic E-state index is -0.393. The molecule has 0 aliphatic rings. The Labute approximate surface area is 78.8 Å². The highest BCUT2D eigenvalue weighted by Crippen LogP contribution is 1.87. The normalized spacial score (nSPS) is 10.5. The maximum atomic E-state index is 10.6. The van der Waals surface area contributed by atoms with E-state index in [1.165, 1.54) is 7.05 Å². The van der Waals surface area contributed by atoms with Gasteiger partial charge in [-0.1, -0.05) is 37.0 Å². The second kappa shape index (κ2) is 8.59. The molecule has 0 bridgehead atoms. The molecular formula is C10H15NO2. The van der Waals surface area contributed by atoms with Crippen molar-refractivity contribution in [2.24, 2.45) is 0 Å². The molecule has 0 fully saturated rings. The van der Waals surface area contributed by atoms with E-state index in [1.807, 2.05) is 24.3 Å². The summed E-state index contributed by atoms with van der Waals surface area (Å²) in [6, 6.07) is 0. The van der Waals surface area contributed by atoms with Gasteiger partial charge in [0.05, 0.1) is 6.61 Å². The number of carbonyl (C=O) groups is 1. The van der Waals surface area contributed by atoms with Gasteiger partial charge in [0.2, 0.25) is 0 Å². The van der Waals surface area contributed by atoms with Crippen molar-refractivity contribution in [3.8, 4) is 0 Å². The number of carbonyl (C=O) groups excluding carboxylic acids is 1. The lowest BCUT2D eigenvalue weighted by Crippen LogP contribution is -2.19. The van der Waals surface area contributed by atoms with Crippen molar-refractivity contribution in [2.75, 3.05) is 13.7 Å². The number of ether oxygens (including phenoxy) is 1. The molecule has 0 saturated carbocycles. The molecule has 0 heterocycles. The van der Waals surface area contributed by atoms with Crippen molar-refractivity contribution in [1.82, 2.24) is 5.32 Å². The highest BCUT2D eigenvalue weighted by molar-refractivity contribution is 5.66. The van der Waals surface area contributed by atoms with E-state index in [1.54, 1.807) is 6.08 Å². The monoisotopic (exact) mass is 181 g/mol. The van der Waals surface area contributed by atoms with Crippen LogP contribution >= 0.6 is 0 Å². The lowest BCUT2D eigenvalue weighted by molar-refractivity contribution is 0.150. The van der Waals surface area contributed by atoms with Crippen molar-refractivity contribution < 1.29 is 9.53 Å². The number of rotatable bonds is 5. The van der Waals surface area contributed by atoms with Crippen LogP contribution < -0.4 is 5.32 Å². The zero-order valence-electron chi connectivity index (χ0n) is 7.82. The molecule has 0 aliphatic heterocycles. The van der Waals surface area contributed by atoms with Gasteiger partial charge in [-0.05, 0) is 6.42 Å². The molecule has 0 atom stereocenters. The Morgan fingerprint density at radius 1 is 1.46 bits per heavy atom. The lowest BCUT2D eigenvalue weighted by atomic mass is 10.3. The minimum absolute atomic E-state index is 0.393. The summed E-state index contributed by atoms with van der Waals surface area (Å²) in [6.45, 7) is 3.93. The van der Waals surface area contributed by atoms with E-state index in [-0.39, 0.29) is 0 Å². The average molecular weight is 181 g/mol. The van der Waals surface area contributed by atoms with Crippen LogP contribution in [0.3, 0.4) is 0 Å². The second-order valence-electron chi connectivity index (χ2n) is 2.22. The SMILES string of the molecule is C=C/C=C\C=C/CCOC(=O)NC.